The van der Waals surface area contributed by atoms with Crippen LogP contribution in [0.25, 0.3) is 0 Å². The molecule has 2 aromatic rings. The summed E-state index contributed by atoms with van der Waals surface area (Å²) in [5, 5.41) is 5.24. The summed E-state index contributed by atoms with van der Waals surface area (Å²) in [5.74, 6) is -1.23. The first-order valence-corrected chi connectivity index (χ1v) is 9.27. The van der Waals surface area contributed by atoms with Crippen LogP contribution in [0.4, 0.5) is 11.4 Å². The minimum atomic E-state index is -0.479. The van der Waals surface area contributed by atoms with E-state index >= 15 is 0 Å². The predicted octanol–water partition coefficient (Wildman–Crippen LogP) is 2.26. The molecule has 0 bridgehead atoms. The van der Waals surface area contributed by atoms with Crippen molar-refractivity contribution < 1.29 is 14.4 Å². The third-order valence-electron chi connectivity index (χ3n) is 4.32. The van der Waals surface area contributed by atoms with Crippen LogP contribution in [0.1, 0.15) is 12.0 Å². The molecule has 1 aliphatic rings. The Bertz CT molecular complexity index is 873. The van der Waals surface area contributed by atoms with E-state index in [-0.39, 0.29) is 30.7 Å². The molecule has 1 atom stereocenters. The van der Waals surface area contributed by atoms with E-state index < -0.39 is 5.92 Å². The van der Waals surface area contributed by atoms with Crippen LogP contribution in [0.15, 0.2) is 47.2 Å². The van der Waals surface area contributed by atoms with Gasteiger partial charge in [-0.2, -0.15) is 0 Å². The van der Waals surface area contributed by atoms with Crippen LogP contribution in [-0.4, -0.2) is 35.8 Å². The van der Waals surface area contributed by atoms with E-state index in [0.29, 0.717) is 12.2 Å². The van der Waals surface area contributed by atoms with Gasteiger partial charge in [-0.15, -0.1) is 0 Å². The van der Waals surface area contributed by atoms with Gasteiger partial charge in [0.1, 0.15) is 0 Å². The zero-order valence-corrected chi connectivity index (χ0v) is 16.3. The first kappa shape index (κ1) is 19.0. The Morgan fingerprint density at radius 1 is 1.33 bits per heavy atom. The SMILES string of the molecule is Cc1cc(N2CC(C(=O)NCC(=O)Nc3cccnc3)CC2=O)ccc1Br. The second-order valence-electron chi connectivity index (χ2n) is 6.35. The molecular weight excluding hydrogens is 412 g/mol. The van der Waals surface area contributed by atoms with E-state index in [1.807, 2.05) is 25.1 Å². The number of hydrogen-bond acceptors (Lipinski definition) is 4. The maximum absolute atomic E-state index is 12.4. The lowest BCUT2D eigenvalue weighted by Gasteiger charge is -2.17. The number of carbonyl (C=O) groups excluding carboxylic acids is 3. The fourth-order valence-corrected chi connectivity index (χ4v) is 3.13. The van der Waals surface area contributed by atoms with Gasteiger partial charge in [-0.3, -0.25) is 19.4 Å². The summed E-state index contributed by atoms with van der Waals surface area (Å²) < 4.78 is 0.965. The van der Waals surface area contributed by atoms with E-state index in [4.69, 9.17) is 0 Å². The molecule has 1 aromatic carbocycles. The summed E-state index contributed by atoms with van der Waals surface area (Å²) >= 11 is 3.44. The van der Waals surface area contributed by atoms with Crippen LogP contribution >= 0.6 is 15.9 Å². The second kappa shape index (κ2) is 8.30. The molecule has 0 aliphatic carbocycles. The fourth-order valence-electron chi connectivity index (χ4n) is 2.88. The number of nitrogens with zero attached hydrogens (tertiary/aromatic N) is 2. The van der Waals surface area contributed by atoms with Gasteiger partial charge in [-0.25, -0.2) is 0 Å². The highest BCUT2D eigenvalue weighted by Crippen LogP contribution is 2.28. The third-order valence-corrected chi connectivity index (χ3v) is 5.21. The maximum Gasteiger partial charge on any atom is 0.243 e. The highest BCUT2D eigenvalue weighted by molar-refractivity contribution is 9.10. The maximum atomic E-state index is 12.4. The molecule has 2 heterocycles. The topological polar surface area (TPSA) is 91.4 Å². The predicted molar refractivity (Wildman–Crippen MR) is 105 cm³/mol. The van der Waals surface area contributed by atoms with Crippen LogP contribution in [0.5, 0.6) is 0 Å². The highest BCUT2D eigenvalue weighted by atomic mass is 79.9. The number of aryl methyl sites for hydroxylation is 1. The molecule has 7 nitrogen and oxygen atoms in total. The van der Waals surface area contributed by atoms with E-state index in [1.54, 1.807) is 23.2 Å². The van der Waals surface area contributed by atoms with Gasteiger partial charge < -0.3 is 15.5 Å². The smallest absolute Gasteiger partial charge is 0.243 e. The number of hydrogen-bond donors (Lipinski definition) is 2. The van der Waals surface area contributed by atoms with Crippen molar-refractivity contribution in [1.82, 2.24) is 10.3 Å². The molecule has 0 radical (unpaired) electrons. The minimum Gasteiger partial charge on any atom is -0.347 e. The molecule has 1 fully saturated rings. The number of anilines is 2. The van der Waals surface area contributed by atoms with Crippen LogP contribution in [0.3, 0.4) is 0 Å². The van der Waals surface area contributed by atoms with Crippen molar-refractivity contribution in [2.75, 3.05) is 23.3 Å². The minimum absolute atomic E-state index is 0.100. The van der Waals surface area contributed by atoms with Gasteiger partial charge in [0.05, 0.1) is 24.3 Å². The van der Waals surface area contributed by atoms with Crippen molar-refractivity contribution in [2.24, 2.45) is 5.92 Å². The number of carbonyl (C=O) groups is 3. The van der Waals surface area contributed by atoms with Gasteiger partial charge in [0.2, 0.25) is 17.7 Å². The molecule has 3 rings (SSSR count). The summed E-state index contributed by atoms with van der Waals surface area (Å²) in [6, 6.07) is 9.05. The second-order valence-corrected chi connectivity index (χ2v) is 7.20. The van der Waals surface area contributed by atoms with Crippen molar-refractivity contribution in [2.45, 2.75) is 13.3 Å². The monoisotopic (exact) mass is 430 g/mol. The zero-order valence-electron chi connectivity index (χ0n) is 14.7. The number of rotatable bonds is 5. The summed E-state index contributed by atoms with van der Waals surface area (Å²) in [6.45, 7) is 2.09. The molecule has 140 valence electrons. The number of nitrogens with one attached hydrogen (secondary N) is 2. The van der Waals surface area contributed by atoms with Gasteiger partial charge in [0.15, 0.2) is 0 Å². The average molecular weight is 431 g/mol. The molecule has 0 spiro atoms. The third kappa shape index (κ3) is 4.71. The molecule has 1 saturated heterocycles. The van der Waals surface area contributed by atoms with Crippen LogP contribution in [0.2, 0.25) is 0 Å². The van der Waals surface area contributed by atoms with Crippen molar-refractivity contribution in [1.29, 1.82) is 0 Å². The Morgan fingerprint density at radius 2 is 2.15 bits per heavy atom. The molecular formula is C19H19BrN4O3. The van der Waals surface area contributed by atoms with Crippen molar-refractivity contribution in [3.05, 3.63) is 52.8 Å². The quantitative estimate of drug-likeness (QED) is 0.760. The Labute approximate surface area is 165 Å². The fraction of sp³-hybridized carbons (Fsp3) is 0.263. The average Bonchev–Trinajstić information content (AvgIpc) is 3.05. The van der Waals surface area contributed by atoms with E-state index in [9.17, 15) is 14.4 Å². The summed E-state index contributed by atoms with van der Waals surface area (Å²) in [6.07, 6.45) is 3.26. The summed E-state index contributed by atoms with van der Waals surface area (Å²) in [7, 11) is 0. The van der Waals surface area contributed by atoms with Crippen molar-refractivity contribution >= 4 is 45.0 Å². The number of aromatic nitrogens is 1. The molecule has 1 aliphatic heterocycles. The van der Waals surface area contributed by atoms with Gasteiger partial charge in [0.25, 0.3) is 0 Å². The van der Waals surface area contributed by atoms with Gasteiger partial charge in [-0.05, 0) is 42.8 Å². The summed E-state index contributed by atoms with van der Waals surface area (Å²) in [5.41, 5.74) is 2.34. The highest BCUT2D eigenvalue weighted by Gasteiger charge is 2.35. The van der Waals surface area contributed by atoms with Gasteiger partial charge in [0, 0.05) is 29.3 Å². The molecule has 0 saturated carbocycles. The lowest BCUT2D eigenvalue weighted by molar-refractivity contribution is -0.127. The van der Waals surface area contributed by atoms with E-state index in [0.717, 1.165) is 15.7 Å². The molecule has 27 heavy (non-hydrogen) atoms. The standard InChI is InChI=1S/C19H19BrN4O3/c1-12-7-15(4-5-16(12)20)24-11-13(8-18(24)26)19(27)22-10-17(25)23-14-3-2-6-21-9-14/h2-7,9,13H,8,10-11H2,1H3,(H,22,27)(H,23,25). The Balaban J connectivity index is 1.54. The number of amides is 3. The van der Waals surface area contributed by atoms with Crippen LogP contribution in [0, 0.1) is 12.8 Å². The van der Waals surface area contributed by atoms with Crippen molar-refractivity contribution in [3.8, 4) is 0 Å². The van der Waals surface area contributed by atoms with Gasteiger partial charge in [-0.1, -0.05) is 15.9 Å². The molecule has 1 aromatic heterocycles. The number of pyridine rings is 1. The Hall–Kier alpha value is -2.74. The number of halogens is 1. The lowest BCUT2D eigenvalue weighted by atomic mass is 10.1. The van der Waals surface area contributed by atoms with Crippen molar-refractivity contribution in [3.63, 3.8) is 0 Å². The van der Waals surface area contributed by atoms with Gasteiger partial charge >= 0.3 is 0 Å². The molecule has 3 amide bonds. The van der Waals surface area contributed by atoms with E-state index in [2.05, 4.69) is 31.5 Å². The normalized spacial score (nSPS) is 16.3. The number of benzene rings is 1. The molecule has 8 heteroatoms. The lowest BCUT2D eigenvalue weighted by Crippen LogP contribution is -2.37. The summed E-state index contributed by atoms with van der Waals surface area (Å²) in [4.78, 5) is 42.1. The zero-order chi connectivity index (χ0) is 19.4. The Morgan fingerprint density at radius 3 is 2.85 bits per heavy atom. The molecule has 2 N–H and O–H groups in total. The first-order chi connectivity index (χ1) is 12.9. The first-order valence-electron chi connectivity index (χ1n) is 8.48. The van der Waals surface area contributed by atoms with Crippen LogP contribution < -0.4 is 15.5 Å². The largest absolute Gasteiger partial charge is 0.347 e. The van der Waals surface area contributed by atoms with E-state index in [1.165, 1.54) is 6.20 Å². The Kier molecular flexibility index (Phi) is 5.85. The molecule has 1 unspecified atom stereocenters. The van der Waals surface area contributed by atoms with Crippen LogP contribution in [-0.2, 0) is 14.4 Å².